The summed E-state index contributed by atoms with van der Waals surface area (Å²) in [7, 11) is 0. The molecule has 0 aliphatic heterocycles. The second-order valence-electron chi connectivity index (χ2n) is 4.54. The highest BCUT2D eigenvalue weighted by Gasteiger charge is 2.29. The number of alkyl halides is 3. The molecule has 0 bridgehead atoms. The summed E-state index contributed by atoms with van der Waals surface area (Å²) in [5.74, 6) is -1.16. The highest BCUT2D eigenvalue weighted by molar-refractivity contribution is 5.74. The molecular formula is C13H16F3N3O3. The van der Waals surface area contributed by atoms with Gasteiger partial charge in [0.25, 0.3) is 0 Å². The molecule has 1 atom stereocenters. The van der Waals surface area contributed by atoms with Gasteiger partial charge in [-0.1, -0.05) is 12.1 Å². The van der Waals surface area contributed by atoms with Crippen LogP contribution in [0.3, 0.4) is 0 Å². The predicted molar refractivity (Wildman–Crippen MR) is 71.9 cm³/mol. The number of hydrogen-bond acceptors (Lipinski definition) is 3. The van der Waals surface area contributed by atoms with Gasteiger partial charge in [0, 0.05) is 13.1 Å². The number of carboxylic acid groups (broad SMARTS) is 1. The monoisotopic (exact) mass is 319 g/mol. The van der Waals surface area contributed by atoms with Crippen LogP contribution in [0.5, 0.6) is 0 Å². The fourth-order valence-corrected chi connectivity index (χ4v) is 1.52. The predicted octanol–water partition coefficient (Wildman–Crippen LogP) is 1.31. The Bertz CT molecular complexity index is 518. The summed E-state index contributed by atoms with van der Waals surface area (Å²) in [4.78, 5) is 21.9. The number of hydrogen-bond donors (Lipinski definition) is 4. The van der Waals surface area contributed by atoms with Crippen LogP contribution in [-0.2, 0) is 17.5 Å². The van der Waals surface area contributed by atoms with Gasteiger partial charge in [-0.05, 0) is 24.1 Å². The highest BCUT2D eigenvalue weighted by Crippen LogP contribution is 2.28. The molecule has 1 aromatic carbocycles. The topological polar surface area (TPSA) is 104 Å². The molecule has 6 nitrogen and oxygen atoms in total. The van der Waals surface area contributed by atoms with Crippen molar-refractivity contribution < 1.29 is 27.9 Å². The summed E-state index contributed by atoms with van der Waals surface area (Å²) >= 11 is 0. The number of urea groups is 1. The molecule has 2 amide bonds. The Morgan fingerprint density at radius 1 is 1.18 bits per heavy atom. The number of nitrogens with one attached hydrogen (secondary N) is 2. The largest absolute Gasteiger partial charge is 0.480 e. The van der Waals surface area contributed by atoms with Crippen molar-refractivity contribution in [3.05, 3.63) is 35.4 Å². The first kappa shape index (κ1) is 17.8. The molecule has 0 spiro atoms. The summed E-state index contributed by atoms with van der Waals surface area (Å²) in [5, 5.41) is 13.4. The molecule has 1 aromatic rings. The number of carboxylic acids is 1. The lowest BCUT2D eigenvalue weighted by Crippen LogP contribution is -2.39. The SMILES string of the molecule is N[C@@H](CCNC(=O)NCc1ccc(C(F)(F)F)cc1)C(=O)O. The van der Waals surface area contributed by atoms with E-state index >= 15 is 0 Å². The maximum atomic E-state index is 12.4. The number of benzene rings is 1. The van der Waals surface area contributed by atoms with E-state index in [0.717, 1.165) is 12.1 Å². The summed E-state index contributed by atoms with van der Waals surface area (Å²) in [6, 6.07) is 2.78. The van der Waals surface area contributed by atoms with E-state index in [4.69, 9.17) is 10.8 Å². The lowest BCUT2D eigenvalue weighted by atomic mass is 10.1. The van der Waals surface area contributed by atoms with Crippen LogP contribution >= 0.6 is 0 Å². The number of aliphatic carboxylic acids is 1. The lowest BCUT2D eigenvalue weighted by Gasteiger charge is -2.10. The van der Waals surface area contributed by atoms with E-state index in [-0.39, 0.29) is 19.5 Å². The number of rotatable bonds is 6. The van der Waals surface area contributed by atoms with E-state index in [1.165, 1.54) is 12.1 Å². The highest BCUT2D eigenvalue weighted by atomic mass is 19.4. The normalized spacial score (nSPS) is 12.5. The minimum absolute atomic E-state index is 0.0506. The van der Waals surface area contributed by atoms with Crippen LogP contribution in [0.1, 0.15) is 17.5 Å². The number of amides is 2. The Hall–Kier alpha value is -2.29. The van der Waals surface area contributed by atoms with Gasteiger partial charge in [0.1, 0.15) is 6.04 Å². The summed E-state index contributed by atoms with van der Waals surface area (Å²) in [5.41, 5.74) is 5.00. The van der Waals surface area contributed by atoms with E-state index in [2.05, 4.69) is 10.6 Å². The molecule has 0 heterocycles. The molecule has 9 heteroatoms. The molecule has 1 rings (SSSR count). The zero-order chi connectivity index (χ0) is 16.8. The van der Waals surface area contributed by atoms with E-state index in [9.17, 15) is 22.8 Å². The van der Waals surface area contributed by atoms with Gasteiger partial charge in [-0.2, -0.15) is 13.2 Å². The molecule has 0 unspecified atom stereocenters. The third-order valence-corrected chi connectivity index (χ3v) is 2.79. The maximum Gasteiger partial charge on any atom is 0.416 e. The van der Waals surface area contributed by atoms with E-state index in [0.29, 0.717) is 5.56 Å². The van der Waals surface area contributed by atoms with E-state index in [1.807, 2.05) is 0 Å². The Morgan fingerprint density at radius 2 is 1.77 bits per heavy atom. The van der Waals surface area contributed by atoms with Gasteiger partial charge in [-0.3, -0.25) is 4.79 Å². The molecule has 0 saturated carbocycles. The molecule has 122 valence electrons. The molecular weight excluding hydrogens is 303 g/mol. The molecule has 5 N–H and O–H groups in total. The zero-order valence-electron chi connectivity index (χ0n) is 11.5. The average molecular weight is 319 g/mol. The van der Waals surface area contributed by atoms with Crippen LogP contribution in [0.4, 0.5) is 18.0 Å². The van der Waals surface area contributed by atoms with Crippen molar-refractivity contribution in [2.75, 3.05) is 6.54 Å². The standard InChI is InChI=1S/C13H16F3N3O3/c14-13(15,16)9-3-1-8(2-4-9)7-19-12(22)18-6-5-10(17)11(20)21/h1-4,10H,5-7,17H2,(H,20,21)(H2,18,19,22)/t10-/m0/s1. The lowest BCUT2D eigenvalue weighted by molar-refractivity contribution is -0.139. The summed E-state index contributed by atoms with van der Waals surface area (Å²) in [6.07, 6.45) is -4.32. The van der Waals surface area contributed by atoms with Gasteiger partial charge in [-0.25, -0.2) is 4.79 Å². The van der Waals surface area contributed by atoms with Crippen LogP contribution in [0.2, 0.25) is 0 Å². The fourth-order valence-electron chi connectivity index (χ4n) is 1.52. The first-order valence-corrected chi connectivity index (χ1v) is 6.36. The van der Waals surface area contributed by atoms with Crippen molar-refractivity contribution in [2.45, 2.75) is 25.2 Å². The Labute approximate surface area is 124 Å². The van der Waals surface area contributed by atoms with Gasteiger partial charge < -0.3 is 21.5 Å². The van der Waals surface area contributed by atoms with E-state index < -0.39 is 29.8 Å². The average Bonchev–Trinajstić information content (AvgIpc) is 2.44. The van der Waals surface area contributed by atoms with Gasteiger partial charge >= 0.3 is 18.2 Å². The molecule has 0 fully saturated rings. The minimum Gasteiger partial charge on any atom is -0.480 e. The molecule has 0 aromatic heterocycles. The second kappa shape index (κ2) is 7.64. The zero-order valence-corrected chi connectivity index (χ0v) is 11.5. The summed E-state index contributed by atoms with van der Waals surface area (Å²) < 4.78 is 37.1. The van der Waals surface area contributed by atoms with Crippen LogP contribution < -0.4 is 16.4 Å². The fraction of sp³-hybridized carbons (Fsp3) is 0.385. The van der Waals surface area contributed by atoms with Crippen LogP contribution in [0.15, 0.2) is 24.3 Å². The smallest absolute Gasteiger partial charge is 0.416 e. The number of carbonyl (C=O) groups excluding carboxylic acids is 1. The van der Waals surface area contributed by atoms with Gasteiger partial charge in [-0.15, -0.1) is 0 Å². The first-order chi connectivity index (χ1) is 10.2. The van der Waals surface area contributed by atoms with Gasteiger partial charge in [0.15, 0.2) is 0 Å². The van der Waals surface area contributed by atoms with Gasteiger partial charge in [0.2, 0.25) is 0 Å². The third kappa shape index (κ3) is 6.00. The minimum atomic E-state index is -4.40. The molecule has 22 heavy (non-hydrogen) atoms. The van der Waals surface area contributed by atoms with Crippen molar-refractivity contribution in [1.29, 1.82) is 0 Å². The van der Waals surface area contributed by atoms with E-state index in [1.54, 1.807) is 0 Å². The number of carbonyl (C=O) groups is 2. The maximum absolute atomic E-state index is 12.4. The van der Waals surface area contributed by atoms with Crippen molar-refractivity contribution in [1.82, 2.24) is 10.6 Å². The van der Waals surface area contributed by atoms with Crippen LogP contribution in [0.25, 0.3) is 0 Å². The van der Waals surface area contributed by atoms with Crippen molar-refractivity contribution in [3.8, 4) is 0 Å². The Morgan fingerprint density at radius 3 is 2.27 bits per heavy atom. The van der Waals surface area contributed by atoms with Crippen LogP contribution in [0, 0.1) is 0 Å². The van der Waals surface area contributed by atoms with Crippen molar-refractivity contribution in [2.24, 2.45) is 5.73 Å². The number of nitrogens with two attached hydrogens (primary N) is 1. The Kier molecular flexibility index (Phi) is 6.17. The molecule has 0 radical (unpaired) electrons. The molecule has 0 aliphatic carbocycles. The number of halogens is 3. The molecule has 0 saturated heterocycles. The molecule has 0 aliphatic rings. The third-order valence-electron chi connectivity index (χ3n) is 2.79. The Balaban J connectivity index is 2.34. The summed E-state index contributed by atoms with van der Waals surface area (Å²) in [6.45, 7) is 0.126. The van der Waals surface area contributed by atoms with Crippen molar-refractivity contribution >= 4 is 12.0 Å². The van der Waals surface area contributed by atoms with Crippen LogP contribution in [-0.4, -0.2) is 29.7 Å². The second-order valence-corrected chi connectivity index (χ2v) is 4.54. The first-order valence-electron chi connectivity index (χ1n) is 6.36. The quantitative estimate of drug-likeness (QED) is 0.634. The van der Waals surface area contributed by atoms with Gasteiger partial charge in [0.05, 0.1) is 5.56 Å². The van der Waals surface area contributed by atoms with Crippen molar-refractivity contribution in [3.63, 3.8) is 0 Å².